The van der Waals surface area contributed by atoms with E-state index in [0.29, 0.717) is 19.4 Å². The Balaban J connectivity index is 1.19. The number of alkyl carbamates (subject to hydrolysis) is 1. The highest BCUT2D eigenvalue weighted by atomic mass is 16.5. The summed E-state index contributed by atoms with van der Waals surface area (Å²) >= 11 is 0. The van der Waals surface area contributed by atoms with E-state index >= 15 is 0 Å². The number of carboxylic acids is 1. The van der Waals surface area contributed by atoms with Crippen molar-refractivity contribution >= 4 is 23.8 Å². The monoisotopic (exact) mass is 462 g/mol. The van der Waals surface area contributed by atoms with Crippen LogP contribution >= 0.6 is 0 Å². The van der Waals surface area contributed by atoms with Gasteiger partial charge in [-0.15, -0.1) is 0 Å². The van der Waals surface area contributed by atoms with Crippen molar-refractivity contribution in [2.75, 3.05) is 18.5 Å². The molecule has 9 nitrogen and oxygen atoms in total. The van der Waals surface area contributed by atoms with Gasteiger partial charge in [-0.1, -0.05) is 48.5 Å². The molecule has 176 valence electrons. The highest BCUT2D eigenvalue weighted by molar-refractivity contribution is 5.99. The number of nitrogens with one attached hydrogen (secondary N) is 2. The van der Waals surface area contributed by atoms with Gasteiger partial charge in [-0.25, -0.2) is 9.59 Å². The van der Waals surface area contributed by atoms with Gasteiger partial charge >= 0.3 is 12.1 Å². The van der Waals surface area contributed by atoms with Crippen LogP contribution in [0.4, 0.5) is 10.6 Å². The summed E-state index contributed by atoms with van der Waals surface area (Å²) in [4.78, 5) is 35.5. The number of carboxylic acid groups (broad SMARTS) is 1. The van der Waals surface area contributed by atoms with Crippen LogP contribution < -0.4 is 10.6 Å². The van der Waals surface area contributed by atoms with E-state index < -0.39 is 12.1 Å². The van der Waals surface area contributed by atoms with Gasteiger partial charge in [-0.2, -0.15) is 5.10 Å². The molecule has 1 aliphatic carbocycles. The number of amides is 2. The molecule has 1 heterocycles. The lowest BCUT2D eigenvalue weighted by Gasteiger charge is -2.14. The molecule has 0 saturated heterocycles. The highest BCUT2D eigenvalue weighted by Gasteiger charge is 2.28. The van der Waals surface area contributed by atoms with Gasteiger partial charge in [0, 0.05) is 25.9 Å². The topological polar surface area (TPSA) is 123 Å². The summed E-state index contributed by atoms with van der Waals surface area (Å²) in [5.41, 5.74) is 4.59. The van der Waals surface area contributed by atoms with Crippen molar-refractivity contribution in [3.8, 4) is 11.1 Å². The molecule has 1 aliphatic rings. The Kier molecular flexibility index (Phi) is 6.91. The second-order valence-electron chi connectivity index (χ2n) is 8.09. The average Bonchev–Trinajstić information content (AvgIpc) is 3.35. The lowest BCUT2D eigenvalue weighted by Crippen LogP contribution is -2.27. The Hall–Kier alpha value is -4.14. The molecular weight excluding hydrogens is 436 g/mol. The number of aromatic nitrogens is 2. The van der Waals surface area contributed by atoms with Gasteiger partial charge in [-0.05, 0) is 35.1 Å². The number of carbonyl (C=O) groups is 3. The minimum Gasteiger partial charge on any atom is -0.477 e. The number of hydrogen-bond donors (Lipinski definition) is 3. The van der Waals surface area contributed by atoms with Crippen LogP contribution in [-0.2, 0) is 16.6 Å². The second-order valence-corrected chi connectivity index (χ2v) is 8.09. The number of anilines is 1. The number of ether oxygens (including phenoxy) is 1. The zero-order valence-corrected chi connectivity index (χ0v) is 18.8. The zero-order chi connectivity index (χ0) is 24.1. The maximum Gasteiger partial charge on any atom is 0.407 e. The molecule has 0 fully saturated rings. The van der Waals surface area contributed by atoms with E-state index in [9.17, 15) is 14.4 Å². The number of carbonyl (C=O) groups excluding carboxylic acids is 2. The number of rotatable bonds is 9. The van der Waals surface area contributed by atoms with Crippen molar-refractivity contribution in [1.29, 1.82) is 0 Å². The minimum atomic E-state index is -1.16. The number of fused-ring (bicyclic) bond motifs is 3. The van der Waals surface area contributed by atoms with Gasteiger partial charge < -0.3 is 20.5 Å². The van der Waals surface area contributed by atoms with Crippen molar-refractivity contribution in [3.63, 3.8) is 0 Å². The second kappa shape index (κ2) is 10.2. The van der Waals surface area contributed by atoms with Crippen LogP contribution in [0.5, 0.6) is 0 Å². The summed E-state index contributed by atoms with van der Waals surface area (Å²) in [5.74, 6) is -1.32. The molecule has 0 radical (unpaired) electrons. The van der Waals surface area contributed by atoms with E-state index in [4.69, 9.17) is 9.84 Å². The minimum absolute atomic E-state index is 0.00421. The van der Waals surface area contributed by atoms with E-state index in [-0.39, 0.29) is 36.2 Å². The van der Waals surface area contributed by atoms with Crippen LogP contribution in [0.3, 0.4) is 0 Å². The van der Waals surface area contributed by atoms with Gasteiger partial charge in [0.15, 0.2) is 0 Å². The molecule has 9 heteroatoms. The van der Waals surface area contributed by atoms with E-state index in [1.807, 2.05) is 24.3 Å². The van der Waals surface area contributed by atoms with E-state index in [1.165, 1.54) is 22.0 Å². The molecule has 0 aliphatic heterocycles. The summed E-state index contributed by atoms with van der Waals surface area (Å²) in [6, 6.07) is 16.3. The van der Waals surface area contributed by atoms with Crippen LogP contribution in [0, 0.1) is 0 Å². The van der Waals surface area contributed by atoms with Crippen LogP contribution in [0.15, 0.2) is 54.7 Å². The molecule has 4 rings (SSSR count). The first-order valence-corrected chi connectivity index (χ1v) is 11.1. The molecule has 2 aromatic carbocycles. The number of aryl methyl sites for hydroxylation is 1. The summed E-state index contributed by atoms with van der Waals surface area (Å²) in [6.45, 7) is 0.620. The molecule has 3 aromatic rings. The number of unbranched alkanes of at least 4 members (excludes halogenated alkanes) is 1. The maximum atomic E-state index is 12.2. The number of nitrogens with zero attached hydrogens (tertiary/aromatic N) is 2. The fourth-order valence-corrected chi connectivity index (χ4v) is 4.19. The molecule has 0 saturated carbocycles. The average molecular weight is 463 g/mol. The Bertz CT molecular complexity index is 1170. The molecule has 1 aromatic heterocycles. The summed E-state index contributed by atoms with van der Waals surface area (Å²) in [6.07, 6.45) is 1.99. The van der Waals surface area contributed by atoms with Crippen molar-refractivity contribution in [1.82, 2.24) is 15.1 Å². The molecule has 0 atom stereocenters. The molecular formula is C25H26N4O5. The molecule has 34 heavy (non-hydrogen) atoms. The first-order chi connectivity index (χ1) is 16.5. The summed E-state index contributed by atoms with van der Waals surface area (Å²) < 4.78 is 6.80. The van der Waals surface area contributed by atoms with Gasteiger partial charge in [-0.3, -0.25) is 9.48 Å². The Morgan fingerprint density at radius 3 is 2.32 bits per heavy atom. The SMILES string of the molecule is Cn1ncc(C(=O)O)c1NC(=O)CCCCNC(=O)OCC1c2ccccc2-c2ccccc21. The highest BCUT2D eigenvalue weighted by Crippen LogP contribution is 2.44. The third-order valence-electron chi connectivity index (χ3n) is 5.87. The molecule has 0 spiro atoms. The van der Waals surface area contributed by atoms with Crippen molar-refractivity contribution in [2.24, 2.45) is 7.05 Å². The Morgan fingerprint density at radius 2 is 1.68 bits per heavy atom. The first kappa shape index (κ1) is 23.0. The van der Waals surface area contributed by atoms with Crippen molar-refractivity contribution < 1.29 is 24.2 Å². The van der Waals surface area contributed by atoms with Crippen molar-refractivity contribution in [3.05, 3.63) is 71.4 Å². The molecule has 3 N–H and O–H groups in total. The van der Waals surface area contributed by atoms with Gasteiger partial charge in [0.2, 0.25) is 5.91 Å². The molecule has 0 unspecified atom stereocenters. The van der Waals surface area contributed by atoms with Gasteiger partial charge in [0.05, 0.1) is 6.20 Å². The van der Waals surface area contributed by atoms with Gasteiger partial charge in [0.1, 0.15) is 18.0 Å². The largest absolute Gasteiger partial charge is 0.477 e. The smallest absolute Gasteiger partial charge is 0.407 e. The van der Waals surface area contributed by atoms with Crippen LogP contribution in [0.2, 0.25) is 0 Å². The summed E-state index contributed by atoms with van der Waals surface area (Å²) in [5, 5.41) is 18.3. The maximum absolute atomic E-state index is 12.2. The fourth-order valence-electron chi connectivity index (χ4n) is 4.19. The van der Waals surface area contributed by atoms with Crippen molar-refractivity contribution in [2.45, 2.75) is 25.2 Å². The third kappa shape index (κ3) is 4.93. The molecule has 2 amide bonds. The Morgan fingerprint density at radius 1 is 1.03 bits per heavy atom. The van der Waals surface area contributed by atoms with E-state index in [0.717, 1.165) is 11.1 Å². The number of hydrogen-bond acceptors (Lipinski definition) is 5. The Labute approximate surface area is 196 Å². The van der Waals surface area contributed by atoms with E-state index in [2.05, 4.69) is 40.0 Å². The van der Waals surface area contributed by atoms with E-state index in [1.54, 1.807) is 7.05 Å². The predicted octanol–water partition coefficient (Wildman–Crippen LogP) is 3.77. The fraction of sp³-hybridized carbons (Fsp3) is 0.280. The van der Waals surface area contributed by atoms with Crippen LogP contribution in [0.1, 0.15) is 46.7 Å². The first-order valence-electron chi connectivity index (χ1n) is 11.1. The quantitative estimate of drug-likeness (QED) is 0.416. The lowest BCUT2D eigenvalue weighted by molar-refractivity contribution is -0.116. The van der Waals surface area contributed by atoms with Crippen LogP contribution in [-0.4, -0.2) is 46.0 Å². The van der Waals surface area contributed by atoms with Gasteiger partial charge in [0.25, 0.3) is 0 Å². The summed E-state index contributed by atoms with van der Waals surface area (Å²) in [7, 11) is 1.56. The number of benzene rings is 2. The molecule has 0 bridgehead atoms. The number of aromatic carboxylic acids is 1. The normalized spacial score (nSPS) is 12.0. The lowest BCUT2D eigenvalue weighted by atomic mass is 9.98. The van der Waals surface area contributed by atoms with Crippen LogP contribution in [0.25, 0.3) is 11.1 Å². The predicted molar refractivity (Wildman–Crippen MR) is 126 cm³/mol. The third-order valence-corrected chi connectivity index (χ3v) is 5.87. The zero-order valence-electron chi connectivity index (χ0n) is 18.8. The standard InChI is InChI=1S/C25H26N4O5/c1-29-23(20(14-27-29)24(31)32)28-22(30)12-6-7-13-26-25(33)34-15-21-18-10-4-2-8-16(18)17-9-3-5-11-19(17)21/h2-5,8-11,14,21H,6-7,12-13,15H2,1H3,(H,26,33)(H,28,30)(H,31,32).